The van der Waals surface area contributed by atoms with Gasteiger partial charge in [-0.25, -0.2) is 4.98 Å². The minimum absolute atomic E-state index is 0.427. The second-order valence-corrected chi connectivity index (χ2v) is 7.40. The highest BCUT2D eigenvalue weighted by Gasteiger charge is 2.20. The molecule has 0 aliphatic carbocycles. The number of likely N-dealkylation sites (tertiary alicyclic amines) is 1. The summed E-state index contributed by atoms with van der Waals surface area (Å²) in [7, 11) is 3.92. The topological polar surface area (TPSA) is 44.3 Å². The van der Waals surface area contributed by atoms with Crippen LogP contribution in [0.2, 0.25) is 0 Å². The number of nitrogens with zero attached hydrogens (tertiary/aromatic N) is 4. The van der Waals surface area contributed by atoms with E-state index >= 15 is 0 Å². The van der Waals surface area contributed by atoms with Crippen LogP contribution in [0, 0.1) is 0 Å². The minimum Gasteiger partial charge on any atom is -0.366 e. The van der Waals surface area contributed by atoms with Gasteiger partial charge in [-0.3, -0.25) is 4.90 Å². The number of aromatic nitrogens is 2. The van der Waals surface area contributed by atoms with Crippen molar-refractivity contribution < 1.29 is 0 Å². The van der Waals surface area contributed by atoms with Crippen molar-refractivity contribution in [3.05, 3.63) is 46.6 Å². The van der Waals surface area contributed by atoms with Crippen molar-refractivity contribution in [1.82, 2.24) is 14.9 Å². The molecule has 0 saturated carbocycles. The van der Waals surface area contributed by atoms with Gasteiger partial charge in [0.2, 0.25) is 5.95 Å². The SMILES string of the molecule is CN(C)c1nccc(NC2CCCN(Cc3cccc(Br)c3)C2)n1. The van der Waals surface area contributed by atoms with Crippen LogP contribution in [-0.2, 0) is 6.54 Å². The summed E-state index contributed by atoms with van der Waals surface area (Å²) in [5, 5.41) is 3.57. The molecule has 1 aliphatic heterocycles. The summed E-state index contributed by atoms with van der Waals surface area (Å²) in [4.78, 5) is 13.3. The normalized spacial score (nSPS) is 18.4. The van der Waals surface area contributed by atoms with Crippen molar-refractivity contribution in [2.24, 2.45) is 0 Å². The van der Waals surface area contributed by atoms with Crippen LogP contribution in [-0.4, -0.2) is 48.1 Å². The van der Waals surface area contributed by atoms with Crippen LogP contribution in [0.1, 0.15) is 18.4 Å². The van der Waals surface area contributed by atoms with Crippen LogP contribution < -0.4 is 10.2 Å². The van der Waals surface area contributed by atoms with Gasteiger partial charge in [-0.1, -0.05) is 28.1 Å². The van der Waals surface area contributed by atoms with E-state index in [2.05, 4.69) is 60.4 Å². The molecule has 1 aromatic heterocycles. The Balaban J connectivity index is 1.60. The first-order valence-electron chi connectivity index (χ1n) is 8.34. The number of anilines is 2. The monoisotopic (exact) mass is 389 g/mol. The molecule has 1 N–H and O–H groups in total. The molecule has 1 aliphatic rings. The fourth-order valence-corrected chi connectivity index (χ4v) is 3.51. The van der Waals surface area contributed by atoms with Crippen LogP contribution in [0.3, 0.4) is 0 Å². The van der Waals surface area contributed by atoms with Gasteiger partial charge >= 0.3 is 0 Å². The number of halogens is 1. The van der Waals surface area contributed by atoms with Crippen molar-refractivity contribution in [3.8, 4) is 0 Å². The van der Waals surface area contributed by atoms with E-state index < -0.39 is 0 Å². The Hall–Kier alpha value is -1.66. The molecule has 6 heteroatoms. The molecule has 3 rings (SSSR count). The quantitative estimate of drug-likeness (QED) is 0.848. The Bertz CT molecular complexity index is 676. The van der Waals surface area contributed by atoms with Gasteiger partial charge in [0.25, 0.3) is 0 Å². The molecule has 2 aromatic rings. The Labute approximate surface area is 152 Å². The van der Waals surface area contributed by atoms with E-state index in [1.807, 2.05) is 31.3 Å². The number of benzene rings is 1. The first-order valence-corrected chi connectivity index (χ1v) is 9.13. The molecule has 1 fully saturated rings. The second kappa shape index (κ2) is 7.94. The van der Waals surface area contributed by atoms with E-state index in [-0.39, 0.29) is 0 Å². The number of hydrogen-bond acceptors (Lipinski definition) is 5. The lowest BCUT2D eigenvalue weighted by atomic mass is 10.0. The highest BCUT2D eigenvalue weighted by molar-refractivity contribution is 9.10. The van der Waals surface area contributed by atoms with Crippen LogP contribution in [0.5, 0.6) is 0 Å². The molecule has 0 bridgehead atoms. The Morgan fingerprint density at radius 1 is 1.33 bits per heavy atom. The summed E-state index contributed by atoms with van der Waals surface area (Å²) in [6, 6.07) is 10.9. The Morgan fingerprint density at radius 2 is 2.21 bits per heavy atom. The Kier molecular flexibility index (Phi) is 5.68. The van der Waals surface area contributed by atoms with Gasteiger partial charge in [0.05, 0.1) is 0 Å². The van der Waals surface area contributed by atoms with Crippen molar-refractivity contribution in [1.29, 1.82) is 0 Å². The molecular weight excluding hydrogens is 366 g/mol. The van der Waals surface area contributed by atoms with E-state index in [4.69, 9.17) is 0 Å². The largest absolute Gasteiger partial charge is 0.366 e. The van der Waals surface area contributed by atoms with Crippen molar-refractivity contribution >= 4 is 27.7 Å². The molecule has 5 nitrogen and oxygen atoms in total. The smallest absolute Gasteiger partial charge is 0.226 e. The summed E-state index contributed by atoms with van der Waals surface area (Å²) in [5.74, 6) is 1.64. The fraction of sp³-hybridized carbons (Fsp3) is 0.444. The van der Waals surface area contributed by atoms with Gasteiger partial charge in [-0.2, -0.15) is 4.98 Å². The summed E-state index contributed by atoms with van der Waals surface area (Å²) in [6.45, 7) is 3.18. The zero-order valence-corrected chi connectivity index (χ0v) is 15.8. The second-order valence-electron chi connectivity index (χ2n) is 6.48. The van der Waals surface area contributed by atoms with Crippen molar-refractivity contribution in [3.63, 3.8) is 0 Å². The lowest BCUT2D eigenvalue weighted by Crippen LogP contribution is -2.41. The first kappa shape index (κ1) is 17.2. The first-order chi connectivity index (χ1) is 11.6. The number of piperidine rings is 1. The van der Waals surface area contributed by atoms with Gasteiger partial charge in [0, 0.05) is 43.9 Å². The van der Waals surface area contributed by atoms with Crippen LogP contribution >= 0.6 is 15.9 Å². The lowest BCUT2D eigenvalue weighted by molar-refractivity contribution is 0.208. The third-order valence-corrected chi connectivity index (χ3v) is 4.69. The molecule has 1 unspecified atom stereocenters. The fourth-order valence-electron chi connectivity index (χ4n) is 3.06. The van der Waals surface area contributed by atoms with E-state index in [1.54, 1.807) is 0 Å². The van der Waals surface area contributed by atoms with Crippen LogP contribution in [0.4, 0.5) is 11.8 Å². The third-order valence-electron chi connectivity index (χ3n) is 4.20. The average Bonchev–Trinajstić information content (AvgIpc) is 2.55. The minimum atomic E-state index is 0.427. The third kappa shape index (κ3) is 4.68. The van der Waals surface area contributed by atoms with Crippen LogP contribution in [0.15, 0.2) is 41.0 Å². The molecule has 0 radical (unpaired) electrons. The predicted octanol–water partition coefficient (Wildman–Crippen LogP) is 3.38. The maximum absolute atomic E-state index is 4.57. The number of rotatable bonds is 5. The molecule has 0 spiro atoms. The summed E-state index contributed by atoms with van der Waals surface area (Å²) in [5.41, 5.74) is 1.35. The molecule has 1 aromatic carbocycles. The molecule has 1 atom stereocenters. The lowest BCUT2D eigenvalue weighted by Gasteiger charge is -2.33. The van der Waals surface area contributed by atoms with E-state index in [1.165, 1.54) is 18.4 Å². The summed E-state index contributed by atoms with van der Waals surface area (Å²) < 4.78 is 1.14. The molecule has 128 valence electrons. The maximum Gasteiger partial charge on any atom is 0.226 e. The molecule has 24 heavy (non-hydrogen) atoms. The van der Waals surface area contributed by atoms with Crippen molar-refractivity contribution in [2.75, 3.05) is 37.4 Å². The zero-order chi connectivity index (χ0) is 16.9. The van der Waals surface area contributed by atoms with Gasteiger partial charge in [-0.05, 0) is 43.1 Å². The van der Waals surface area contributed by atoms with Gasteiger partial charge in [0.1, 0.15) is 5.82 Å². The van der Waals surface area contributed by atoms with E-state index in [0.29, 0.717) is 6.04 Å². The Morgan fingerprint density at radius 3 is 3.00 bits per heavy atom. The standard InChI is InChI=1S/C18H24BrN5/c1-23(2)18-20-9-8-17(22-18)21-16-7-4-10-24(13-16)12-14-5-3-6-15(19)11-14/h3,5-6,8-9,11,16H,4,7,10,12-13H2,1-2H3,(H,20,21,22). The molecular formula is C18H24BrN5. The molecule has 1 saturated heterocycles. The van der Waals surface area contributed by atoms with Crippen LogP contribution in [0.25, 0.3) is 0 Å². The van der Waals surface area contributed by atoms with E-state index in [0.717, 1.165) is 35.9 Å². The number of hydrogen-bond donors (Lipinski definition) is 1. The number of nitrogens with one attached hydrogen (secondary N) is 1. The predicted molar refractivity (Wildman–Crippen MR) is 102 cm³/mol. The maximum atomic E-state index is 4.57. The summed E-state index contributed by atoms with van der Waals surface area (Å²) in [6.07, 6.45) is 4.19. The highest BCUT2D eigenvalue weighted by atomic mass is 79.9. The van der Waals surface area contributed by atoms with Gasteiger partial charge < -0.3 is 10.2 Å². The van der Waals surface area contributed by atoms with Crippen molar-refractivity contribution in [2.45, 2.75) is 25.4 Å². The van der Waals surface area contributed by atoms with Gasteiger partial charge in [0.15, 0.2) is 0 Å². The highest BCUT2D eigenvalue weighted by Crippen LogP contribution is 2.19. The molecule has 0 amide bonds. The average molecular weight is 390 g/mol. The van der Waals surface area contributed by atoms with Gasteiger partial charge in [-0.15, -0.1) is 0 Å². The summed E-state index contributed by atoms with van der Waals surface area (Å²) >= 11 is 3.55. The molecule has 2 heterocycles. The zero-order valence-electron chi connectivity index (χ0n) is 14.2. The van der Waals surface area contributed by atoms with E-state index in [9.17, 15) is 0 Å².